The summed E-state index contributed by atoms with van der Waals surface area (Å²) in [7, 11) is 0. The van der Waals surface area contributed by atoms with Crippen molar-refractivity contribution in [1.82, 2.24) is 0 Å². The summed E-state index contributed by atoms with van der Waals surface area (Å²) >= 11 is 0. The van der Waals surface area contributed by atoms with E-state index in [1.54, 1.807) is 0 Å². The van der Waals surface area contributed by atoms with Gasteiger partial charge in [-0.2, -0.15) is 0 Å². The Balaban J connectivity index is 3.41. The van der Waals surface area contributed by atoms with Gasteiger partial charge in [-0.25, -0.2) is 0 Å². The minimum atomic E-state index is 0.306. The van der Waals surface area contributed by atoms with Crippen molar-refractivity contribution in [1.29, 1.82) is 0 Å². The minimum absolute atomic E-state index is 0.306. The molecule has 0 aromatic rings. The van der Waals surface area contributed by atoms with E-state index >= 15 is 0 Å². The quantitative estimate of drug-likeness (QED) is 0.571. The molecule has 0 radical (unpaired) electrons. The summed E-state index contributed by atoms with van der Waals surface area (Å²) in [4.78, 5) is 11.4. The van der Waals surface area contributed by atoms with Crippen LogP contribution in [0.15, 0.2) is 0 Å². The molecule has 0 saturated carbocycles. The van der Waals surface area contributed by atoms with Crippen LogP contribution in [0.5, 0.6) is 0 Å². The predicted molar refractivity (Wildman–Crippen MR) is 57.8 cm³/mol. The van der Waals surface area contributed by atoms with E-state index in [1.165, 1.54) is 12.8 Å². The largest absolute Gasteiger partial charge is 0.300 e. The van der Waals surface area contributed by atoms with Crippen LogP contribution >= 0.6 is 0 Å². The minimum Gasteiger partial charge on any atom is -0.300 e. The Labute approximate surface area is 82.9 Å². The van der Waals surface area contributed by atoms with Crippen LogP contribution in [0.3, 0.4) is 0 Å². The van der Waals surface area contributed by atoms with Crippen LogP contribution in [0.25, 0.3) is 0 Å². The number of ketones is 1. The highest BCUT2D eigenvalue weighted by atomic mass is 16.1. The normalized spacial score (nSPS) is 11.7. The second kappa shape index (κ2) is 6.17. The summed E-state index contributed by atoms with van der Waals surface area (Å²) in [5.41, 5.74) is 0.306. The van der Waals surface area contributed by atoms with Gasteiger partial charge in [0.15, 0.2) is 0 Å². The number of carbonyl (C=O) groups excluding carboxylic acids is 1. The molecule has 0 heterocycles. The van der Waals surface area contributed by atoms with Crippen molar-refractivity contribution in [3.05, 3.63) is 0 Å². The highest BCUT2D eigenvalue weighted by molar-refractivity contribution is 5.78. The molecule has 0 atom stereocenters. The van der Waals surface area contributed by atoms with E-state index in [1.807, 2.05) is 0 Å². The van der Waals surface area contributed by atoms with Crippen LogP contribution in [0.4, 0.5) is 0 Å². The number of hydrogen-bond acceptors (Lipinski definition) is 1. The molecule has 0 bridgehead atoms. The third-order valence-corrected chi connectivity index (χ3v) is 2.21. The van der Waals surface area contributed by atoms with E-state index in [-0.39, 0.29) is 0 Å². The molecule has 0 aliphatic heterocycles. The highest BCUT2D eigenvalue weighted by Gasteiger charge is 2.12. The summed E-state index contributed by atoms with van der Waals surface area (Å²) in [5.74, 6) is 0.448. The molecule has 13 heavy (non-hydrogen) atoms. The lowest BCUT2D eigenvalue weighted by Gasteiger charge is -2.16. The van der Waals surface area contributed by atoms with E-state index in [0.29, 0.717) is 11.2 Å². The smallest absolute Gasteiger partial charge is 0.132 e. The molecule has 0 unspecified atom stereocenters. The van der Waals surface area contributed by atoms with Crippen LogP contribution in [0, 0.1) is 5.41 Å². The molecule has 0 spiro atoms. The molecule has 0 amide bonds. The molecule has 0 aromatic heterocycles. The highest BCUT2D eigenvalue weighted by Crippen LogP contribution is 2.21. The molecule has 0 N–H and O–H groups in total. The third-order valence-electron chi connectivity index (χ3n) is 2.21. The Hall–Kier alpha value is -0.330. The molecule has 0 fully saturated rings. The third kappa shape index (κ3) is 9.59. The molecule has 1 nitrogen and oxygen atoms in total. The van der Waals surface area contributed by atoms with Crippen molar-refractivity contribution in [2.45, 2.75) is 66.2 Å². The second-order valence-electron chi connectivity index (χ2n) is 5.06. The summed E-state index contributed by atoms with van der Waals surface area (Å²) in [6, 6.07) is 0. The number of unbranched alkanes of at least 4 members (excludes halogenated alkanes) is 2. The van der Waals surface area contributed by atoms with Gasteiger partial charge in [0.25, 0.3) is 0 Å². The molecular formula is C12H24O. The standard InChI is InChI=1S/C12H24O/c1-5-6-7-8-11(13)9-10-12(2,3)4/h5-10H2,1-4H3. The van der Waals surface area contributed by atoms with Crippen LogP contribution < -0.4 is 0 Å². The Morgan fingerprint density at radius 1 is 1.08 bits per heavy atom. The summed E-state index contributed by atoms with van der Waals surface area (Å²) in [5, 5.41) is 0. The van der Waals surface area contributed by atoms with E-state index in [9.17, 15) is 4.79 Å². The maximum atomic E-state index is 11.4. The summed E-state index contributed by atoms with van der Waals surface area (Å²) < 4.78 is 0. The van der Waals surface area contributed by atoms with Crippen molar-refractivity contribution in [3.8, 4) is 0 Å². The van der Waals surface area contributed by atoms with Gasteiger partial charge in [0.1, 0.15) is 5.78 Å². The van der Waals surface area contributed by atoms with Crippen LogP contribution in [-0.2, 0) is 4.79 Å². The van der Waals surface area contributed by atoms with E-state index in [2.05, 4.69) is 27.7 Å². The van der Waals surface area contributed by atoms with Crippen molar-refractivity contribution >= 4 is 5.78 Å². The number of hydrogen-bond donors (Lipinski definition) is 0. The van der Waals surface area contributed by atoms with Gasteiger partial charge >= 0.3 is 0 Å². The molecule has 0 aliphatic rings. The van der Waals surface area contributed by atoms with E-state index < -0.39 is 0 Å². The fourth-order valence-electron chi connectivity index (χ4n) is 1.21. The maximum Gasteiger partial charge on any atom is 0.132 e. The van der Waals surface area contributed by atoms with E-state index in [0.717, 1.165) is 25.7 Å². The first-order chi connectivity index (χ1) is 5.95. The van der Waals surface area contributed by atoms with Gasteiger partial charge < -0.3 is 0 Å². The molecular weight excluding hydrogens is 160 g/mol. The van der Waals surface area contributed by atoms with Gasteiger partial charge in [0.2, 0.25) is 0 Å². The van der Waals surface area contributed by atoms with Crippen molar-refractivity contribution in [3.63, 3.8) is 0 Å². The Morgan fingerprint density at radius 3 is 2.15 bits per heavy atom. The zero-order valence-corrected chi connectivity index (χ0v) is 9.65. The first-order valence-electron chi connectivity index (χ1n) is 5.47. The van der Waals surface area contributed by atoms with Crippen LogP contribution in [0.2, 0.25) is 0 Å². The summed E-state index contributed by atoms with van der Waals surface area (Å²) in [6.45, 7) is 8.73. The monoisotopic (exact) mass is 184 g/mol. The maximum absolute atomic E-state index is 11.4. The average Bonchev–Trinajstić information content (AvgIpc) is 2.00. The molecule has 0 aliphatic carbocycles. The van der Waals surface area contributed by atoms with Crippen LogP contribution in [0.1, 0.15) is 66.2 Å². The van der Waals surface area contributed by atoms with E-state index in [4.69, 9.17) is 0 Å². The molecule has 0 saturated heterocycles. The van der Waals surface area contributed by atoms with Gasteiger partial charge in [-0.05, 0) is 18.3 Å². The fraction of sp³-hybridized carbons (Fsp3) is 0.917. The van der Waals surface area contributed by atoms with Gasteiger partial charge in [-0.1, -0.05) is 40.5 Å². The van der Waals surface area contributed by atoms with Crippen LogP contribution in [-0.4, -0.2) is 5.78 Å². The lowest BCUT2D eigenvalue weighted by molar-refractivity contribution is -0.119. The number of rotatable bonds is 6. The lowest BCUT2D eigenvalue weighted by Crippen LogP contribution is -2.08. The topological polar surface area (TPSA) is 17.1 Å². The fourth-order valence-corrected chi connectivity index (χ4v) is 1.21. The average molecular weight is 184 g/mol. The number of Topliss-reactive ketones (excluding diaryl/α,β-unsaturated/α-hetero) is 1. The number of carbonyl (C=O) groups is 1. The summed E-state index contributed by atoms with van der Waals surface area (Å²) in [6.07, 6.45) is 6.07. The van der Waals surface area contributed by atoms with Crippen molar-refractivity contribution in [2.24, 2.45) is 5.41 Å². The van der Waals surface area contributed by atoms with Crippen molar-refractivity contribution in [2.75, 3.05) is 0 Å². The second-order valence-corrected chi connectivity index (χ2v) is 5.06. The zero-order valence-electron chi connectivity index (χ0n) is 9.65. The van der Waals surface area contributed by atoms with Gasteiger partial charge in [0.05, 0.1) is 0 Å². The van der Waals surface area contributed by atoms with Gasteiger partial charge in [0, 0.05) is 12.8 Å². The molecule has 0 aromatic carbocycles. The SMILES string of the molecule is CCCCCC(=O)CCC(C)(C)C. The lowest BCUT2D eigenvalue weighted by atomic mass is 9.89. The molecule has 0 rings (SSSR count). The zero-order chi connectivity index (χ0) is 10.3. The first-order valence-corrected chi connectivity index (χ1v) is 5.47. The van der Waals surface area contributed by atoms with Gasteiger partial charge in [-0.3, -0.25) is 4.79 Å². The predicted octanol–water partition coefficient (Wildman–Crippen LogP) is 3.96. The Bertz CT molecular complexity index is 142. The Kier molecular flexibility index (Phi) is 6.02. The molecule has 78 valence electrons. The van der Waals surface area contributed by atoms with Crippen molar-refractivity contribution < 1.29 is 4.79 Å². The Morgan fingerprint density at radius 2 is 1.69 bits per heavy atom. The van der Waals surface area contributed by atoms with Gasteiger partial charge in [-0.15, -0.1) is 0 Å². The molecule has 1 heteroatoms. The first kappa shape index (κ1) is 12.7.